The molecule has 0 N–H and O–H groups in total. The first-order chi connectivity index (χ1) is 10.5. The first-order valence-corrected chi connectivity index (χ1v) is 6.50. The molecule has 116 valence electrons. The first-order valence-electron chi connectivity index (χ1n) is 6.50. The lowest BCUT2D eigenvalue weighted by atomic mass is 10.2. The van der Waals surface area contributed by atoms with Crippen molar-refractivity contribution in [1.82, 2.24) is 9.55 Å². The molecule has 1 heterocycles. The molecular weight excluding hydrogens is 290 g/mol. The van der Waals surface area contributed by atoms with E-state index in [0.29, 0.717) is 23.7 Å². The van der Waals surface area contributed by atoms with Gasteiger partial charge in [0, 0.05) is 6.92 Å². The largest absolute Gasteiger partial charge is 0.489 e. The third-order valence-electron chi connectivity index (χ3n) is 3.08. The molecule has 8 nitrogen and oxygen atoms in total. The molecule has 2 aromatic rings. The molecule has 1 aromatic carbocycles. The van der Waals surface area contributed by atoms with Gasteiger partial charge in [0.15, 0.2) is 5.82 Å². The predicted octanol–water partition coefficient (Wildman–Crippen LogP) is 1.97. The summed E-state index contributed by atoms with van der Waals surface area (Å²) in [7, 11) is 1.31. The summed E-state index contributed by atoms with van der Waals surface area (Å²) < 4.78 is 11.6. The van der Waals surface area contributed by atoms with E-state index < -0.39 is 10.9 Å². The number of aryl methyl sites for hydroxylation is 1. The highest BCUT2D eigenvalue weighted by Gasteiger charge is 2.16. The maximum absolute atomic E-state index is 11.3. The van der Waals surface area contributed by atoms with E-state index in [1.165, 1.54) is 17.9 Å². The minimum atomic E-state index is -0.481. The summed E-state index contributed by atoms with van der Waals surface area (Å²) in [5.74, 6) is 0.628. The van der Waals surface area contributed by atoms with Gasteiger partial charge in [-0.15, -0.1) is 0 Å². The summed E-state index contributed by atoms with van der Waals surface area (Å²) in [6.45, 7) is 2.24. The summed E-state index contributed by atoms with van der Waals surface area (Å²) in [6.07, 6.45) is 1.22. The molecule has 0 aliphatic carbocycles. The molecule has 8 heteroatoms. The SMILES string of the molecule is COC(=O)c1ccc(OCCn2c([N+](=O)[O-])cnc2C)cc1. The van der Waals surface area contributed by atoms with Crippen molar-refractivity contribution in [2.75, 3.05) is 13.7 Å². The van der Waals surface area contributed by atoms with Crippen LogP contribution in [0.2, 0.25) is 0 Å². The van der Waals surface area contributed by atoms with Crippen LogP contribution < -0.4 is 4.74 Å². The number of hydrogen-bond acceptors (Lipinski definition) is 6. The highest BCUT2D eigenvalue weighted by molar-refractivity contribution is 5.89. The predicted molar refractivity (Wildman–Crippen MR) is 76.9 cm³/mol. The van der Waals surface area contributed by atoms with Gasteiger partial charge in [0.1, 0.15) is 25.1 Å². The van der Waals surface area contributed by atoms with Crippen LogP contribution in [0, 0.1) is 17.0 Å². The molecule has 0 spiro atoms. The Morgan fingerprint density at radius 2 is 2.05 bits per heavy atom. The Morgan fingerprint density at radius 3 is 2.64 bits per heavy atom. The molecule has 0 bridgehead atoms. The number of rotatable bonds is 6. The maximum Gasteiger partial charge on any atom is 0.342 e. The second-order valence-corrected chi connectivity index (χ2v) is 4.44. The summed E-state index contributed by atoms with van der Waals surface area (Å²) in [6, 6.07) is 6.46. The quantitative estimate of drug-likeness (QED) is 0.460. The molecule has 2 rings (SSSR count). The number of hydrogen-bond donors (Lipinski definition) is 0. The van der Waals surface area contributed by atoms with Crippen LogP contribution in [0.4, 0.5) is 5.82 Å². The lowest BCUT2D eigenvalue weighted by Crippen LogP contribution is -2.12. The Hall–Kier alpha value is -2.90. The van der Waals surface area contributed by atoms with E-state index in [4.69, 9.17) is 4.74 Å². The summed E-state index contributed by atoms with van der Waals surface area (Å²) in [5.41, 5.74) is 0.427. The van der Waals surface area contributed by atoms with Crippen LogP contribution in [-0.4, -0.2) is 34.2 Å². The van der Waals surface area contributed by atoms with E-state index in [0.717, 1.165) is 0 Å². The monoisotopic (exact) mass is 305 g/mol. The number of imidazole rings is 1. The zero-order valence-electron chi connectivity index (χ0n) is 12.2. The fourth-order valence-corrected chi connectivity index (χ4v) is 1.94. The second-order valence-electron chi connectivity index (χ2n) is 4.44. The molecule has 22 heavy (non-hydrogen) atoms. The van der Waals surface area contributed by atoms with Crippen LogP contribution in [0.15, 0.2) is 30.5 Å². The minimum absolute atomic E-state index is 0.0675. The van der Waals surface area contributed by atoms with Crippen LogP contribution in [-0.2, 0) is 11.3 Å². The van der Waals surface area contributed by atoms with Gasteiger partial charge in [-0.25, -0.2) is 14.3 Å². The van der Waals surface area contributed by atoms with E-state index in [1.54, 1.807) is 31.2 Å². The molecule has 0 radical (unpaired) electrons. The van der Waals surface area contributed by atoms with E-state index in [9.17, 15) is 14.9 Å². The third-order valence-corrected chi connectivity index (χ3v) is 3.08. The highest BCUT2D eigenvalue weighted by Crippen LogP contribution is 2.15. The van der Waals surface area contributed by atoms with Crippen LogP contribution in [0.25, 0.3) is 0 Å². The van der Waals surface area contributed by atoms with Crippen LogP contribution >= 0.6 is 0 Å². The van der Waals surface area contributed by atoms with Crippen molar-refractivity contribution in [2.45, 2.75) is 13.5 Å². The van der Waals surface area contributed by atoms with Gasteiger partial charge in [-0.3, -0.25) is 0 Å². The molecule has 0 amide bonds. The van der Waals surface area contributed by atoms with Crippen LogP contribution in [0.3, 0.4) is 0 Å². The van der Waals surface area contributed by atoms with Crippen molar-refractivity contribution >= 4 is 11.8 Å². The smallest absolute Gasteiger partial charge is 0.342 e. The van der Waals surface area contributed by atoms with Crippen molar-refractivity contribution in [1.29, 1.82) is 0 Å². The molecule has 0 fully saturated rings. The molecule has 0 unspecified atom stereocenters. The number of carbonyl (C=O) groups is 1. The minimum Gasteiger partial charge on any atom is -0.489 e. The zero-order chi connectivity index (χ0) is 16.1. The van der Waals surface area contributed by atoms with Crippen LogP contribution in [0.5, 0.6) is 5.75 Å². The van der Waals surface area contributed by atoms with Gasteiger partial charge < -0.3 is 19.6 Å². The summed E-state index contributed by atoms with van der Waals surface area (Å²) in [4.78, 5) is 25.6. The van der Waals surface area contributed by atoms with E-state index >= 15 is 0 Å². The van der Waals surface area contributed by atoms with Gasteiger partial charge in [-0.05, 0) is 29.2 Å². The Bertz CT molecular complexity index is 678. The number of benzene rings is 1. The fourth-order valence-electron chi connectivity index (χ4n) is 1.94. The normalized spacial score (nSPS) is 10.3. The molecule has 0 saturated heterocycles. The number of nitrogens with zero attached hydrogens (tertiary/aromatic N) is 3. The number of methoxy groups -OCH3 is 1. The van der Waals surface area contributed by atoms with Crippen molar-refractivity contribution in [3.8, 4) is 5.75 Å². The van der Waals surface area contributed by atoms with Crippen LogP contribution in [0.1, 0.15) is 16.2 Å². The standard InChI is InChI=1S/C14H15N3O5/c1-10-15-9-13(17(19)20)16(10)7-8-22-12-5-3-11(4-6-12)14(18)21-2/h3-6,9H,7-8H2,1-2H3. The Labute approximate surface area is 126 Å². The average molecular weight is 305 g/mol. The highest BCUT2D eigenvalue weighted by atomic mass is 16.6. The molecule has 0 atom stereocenters. The summed E-state index contributed by atoms with van der Waals surface area (Å²) in [5, 5.41) is 10.9. The topological polar surface area (TPSA) is 96.5 Å². The van der Waals surface area contributed by atoms with Gasteiger partial charge in [-0.2, -0.15) is 0 Å². The van der Waals surface area contributed by atoms with Crippen molar-refractivity contribution in [2.24, 2.45) is 0 Å². The Kier molecular flexibility index (Phi) is 4.72. The molecule has 0 aliphatic rings. The van der Waals surface area contributed by atoms with E-state index in [1.807, 2.05) is 0 Å². The number of aromatic nitrogens is 2. The number of ether oxygens (including phenoxy) is 2. The average Bonchev–Trinajstić information content (AvgIpc) is 2.88. The molecule has 0 aliphatic heterocycles. The first kappa shape index (κ1) is 15.5. The number of carbonyl (C=O) groups excluding carboxylic acids is 1. The Morgan fingerprint density at radius 1 is 1.36 bits per heavy atom. The van der Waals surface area contributed by atoms with Crippen molar-refractivity contribution in [3.05, 3.63) is 52.0 Å². The third kappa shape index (κ3) is 3.40. The van der Waals surface area contributed by atoms with E-state index in [-0.39, 0.29) is 12.4 Å². The Balaban J connectivity index is 1.95. The summed E-state index contributed by atoms with van der Waals surface area (Å²) >= 11 is 0. The van der Waals surface area contributed by atoms with E-state index in [2.05, 4.69) is 9.72 Å². The van der Waals surface area contributed by atoms with Gasteiger partial charge >= 0.3 is 11.8 Å². The molecule has 0 saturated carbocycles. The lowest BCUT2D eigenvalue weighted by Gasteiger charge is -2.07. The van der Waals surface area contributed by atoms with Gasteiger partial charge in [0.25, 0.3) is 0 Å². The molecular formula is C14H15N3O5. The van der Waals surface area contributed by atoms with Crippen molar-refractivity contribution < 1.29 is 19.2 Å². The van der Waals surface area contributed by atoms with Gasteiger partial charge in [0.05, 0.1) is 12.7 Å². The maximum atomic E-state index is 11.3. The van der Waals surface area contributed by atoms with Crippen molar-refractivity contribution in [3.63, 3.8) is 0 Å². The zero-order valence-corrected chi connectivity index (χ0v) is 12.2. The number of esters is 1. The fraction of sp³-hybridized carbons (Fsp3) is 0.286. The molecule has 1 aromatic heterocycles. The van der Waals surface area contributed by atoms with Gasteiger partial charge in [-0.1, -0.05) is 0 Å². The second kappa shape index (κ2) is 6.70. The number of nitro groups is 1. The van der Waals surface area contributed by atoms with Gasteiger partial charge in [0.2, 0.25) is 0 Å². The lowest BCUT2D eigenvalue weighted by molar-refractivity contribution is -0.392.